The van der Waals surface area contributed by atoms with Crippen LogP contribution >= 0.6 is 0 Å². The average molecular weight is 362 g/mol. The fraction of sp³-hybridized carbons (Fsp3) is 0.381. The molecule has 1 saturated heterocycles. The number of fused-ring (bicyclic) bond motifs is 1. The molecule has 0 saturated carbocycles. The maximum absolute atomic E-state index is 4.48. The fourth-order valence-electron chi connectivity index (χ4n) is 3.77. The van der Waals surface area contributed by atoms with Crippen molar-refractivity contribution in [3.63, 3.8) is 0 Å². The normalized spacial score (nSPS) is 17.4. The van der Waals surface area contributed by atoms with Crippen molar-refractivity contribution >= 4 is 22.5 Å². The van der Waals surface area contributed by atoms with E-state index in [9.17, 15) is 0 Å². The number of pyridine rings is 1. The Kier molecular flexibility index (Phi) is 4.90. The molecule has 6 nitrogen and oxygen atoms in total. The third-order valence-corrected chi connectivity index (χ3v) is 5.39. The monoisotopic (exact) mass is 362 g/mol. The van der Waals surface area contributed by atoms with Crippen LogP contribution in [0.25, 0.3) is 10.9 Å². The lowest BCUT2D eigenvalue weighted by molar-refractivity contribution is 0.327. The standard InChI is InChI=1S/C21H26N6/c1-25(2)20-12-21(24-15-23-20)26(3)17-9-11-27(14-17)13-16-8-10-22-19-7-5-4-6-18(16)19/h4-8,10,12,15,17H,9,11,13-14H2,1-3H3. The highest BCUT2D eigenvalue weighted by Gasteiger charge is 2.27. The third-order valence-electron chi connectivity index (χ3n) is 5.39. The Morgan fingerprint density at radius 2 is 1.85 bits per heavy atom. The second-order valence-electron chi connectivity index (χ2n) is 7.40. The topological polar surface area (TPSA) is 48.4 Å². The number of benzene rings is 1. The van der Waals surface area contributed by atoms with Gasteiger partial charge in [-0.1, -0.05) is 18.2 Å². The van der Waals surface area contributed by atoms with Crippen LogP contribution in [-0.2, 0) is 6.54 Å². The molecule has 0 radical (unpaired) electrons. The van der Waals surface area contributed by atoms with Crippen molar-refractivity contribution in [3.05, 3.63) is 54.5 Å². The average Bonchev–Trinajstić information content (AvgIpc) is 3.16. The van der Waals surface area contributed by atoms with Gasteiger partial charge in [-0.05, 0) is 24.1 Å². The van der Waals surface area contributed by atoms with Crippen LogP contribution in [-0.4, -0.2) is 60.1 Å². The molecule has 1 unspecified atom stereocenters. The van der Waals surface area contributed by atoms with Crippen molar-refractivity contribution in [2.45, 2.75) is 19.0 Å². The van der Waals surface area contributed by atoms with E-state index in [-0.39, 0.29) is 0 Å². The van der Waals surface area contributed by atoms with Crippen LogP contribution in [0, 0.1) is 0 Å². The van der Waals surface area contributed by atoms with Gasteiger partial charge in [0.1, 0.15) is 18.0 Å². The van der Waals surface area contributed by atoms with Crippen molar-refractivity contribution in [2.75, 3.05) is 44.0 Å². The maximum atomic E-state index is 4.48. The van der Waals surface area contributed by atoms with E-state index in [1.165, 1.54) is 10.9 Å². The Labute approximate surface area is 160 Å². The highest BCUT2D eigenvalue weighted by atomic mass is 15.3. The molecule has 0 amide bonds. The van der Waals surface area contributed by atoms with Crippen LogP contribution in [0.3, 0.4) is 0 Å². The van der Waals surface area contributed by atoms with E-state index in [0.717, 1.165) is 43.2 Å². The Morgan fingerprint density at radius 1 is 1.04 bits per heavy atom. The number of nitrogens with zero attached hydrogens (tertiary/aromatic N) is 6. The predicted molar refractivity (Wildman–Crippen MR) is 110 cm³/mol. The molecular formula is C21H26N6. The highest BCUT2D eigenvalue weighted by molar-refractivity contribution is 5.81. The summed E-state index contributed by atoms with van der Waals surface area (Å²) in [5.41, 5.74) is 2.42. The Bertz CT molecular complexity index is 920. The summed E-state index contributed by atoms with van der Waals surface area (Å²) in [5, 5.41) is 1.25. The molecule has 27 heavy (non-hydrogen) atoms. The van der Waals surface area contributed by atoms with Crippen LogP contribution in [0.4, 0.5) is 11.6 Å². The molecule has 3 heterocycles. The summed E-state index contributed by atoms with van der Waals surface area (Å²) in [7, 11) is 6.14. The molecule has 140 valence electrons. The molecule has 6 heteroatoms. The molecule has 1 aliphatic rings. The first-order chi connectivity index (χ1) is 13.1. The number of anilines is 2. The second kappa shape index (κ2) is 7.48. The van der Waals surface area contributed by atoms with Crippen molar-refractivity contribution in [1.29, 1.82) is 0 Å². The van der Waals surface area contributed by atoms with Crippen molar-refractivity contribution in [1.82, 2.24) is 19.9 Å². The second-order valence-corrected chi connectivity index (χ2v) is 7.40. The number of likely N-dealkylation sites (tertiary alicyclic amines) is 1. The molecule has 3 aromatic rings. The van der Waals surface area contributed by atoms with Crippen LogP contribution in [0.5, 0.6) is 0 Å². The van der Waals surface area contributed by atoms with E-state index in [1.54, 1.807) is 6.33 Å². The van der Waals surface area contributed by atoms with Crippen LogP contribution < -0.4 is 9.80 Å². The van der Waals surface area contributed by atoms with E-state index in [1.807, 2.05) is 31.3 Å². The molecule has 1 atom stereocenters. The van der Waals surface area contributed by atoms with Gasteiger partial charge >= 0.3 is 0 Å². The van der Waals surface area contributed by atoms with E-state index in [4.69, 9.17) is 0 Å². The van der Waals surface area contributed by atoms with Gasteiger partial charge < -0.3 is 9.80 Å². The number of para-hydroxylation sites is 1. The predicted octanol–water partition coefficient (Wildman–Crippen LogP) is 2.80. The number of hydrogen-bond donors (Lipinski definition) is 0. The number of aromatic nitrogens is 3. The smallest absolute Gasteiger partial charge is 0.134 e. The van der Waals surface area contributed by atoms with Crippen LogP contribution in [0.15, 0.2) is 48.9 Å². The molecule has 1 aliphatic heterocycles. The molecule has 0 spiro atoms. The van der Waals surface area contributed by atoms with Gasteiger partial charge in [0, 0.05) is 64.5 Å². The molecule has 0 aliphatic carbocycles. The van der Waals surface area contributed by atoms with Gasteiger partial charge in [-0.2, -0.15) is 0 Å². The van der Waals surface area contributed by atoms with Gasteiger partial charge in [0.2, 0.25) is 0 Å². The summed E-state index contributed by atoms with van der Waals surface area (Å²) in [4.78, 5) is 20.1. The highest BCUT2D eigenvalue weighted by Crippen LogP contribution is 2.24. The minimum absolute atomic E-state index is 0.461. The summed E-state index contributed by atoms with van der Waals surface area (Å²) < 4.78 is 0. The van der Waals surface area contributed by atoms with Gasteiger partial charge in [-0.15, -0.1) is 0 Å². The Hall–Kier alpha value is -2.73. The number of hydrogen-bond acceptors (Lipinski definition) is 6. The zero-order valence-corrected chi connectivity index (χ0v) is 16.2. The van der Waals surface area contributed by atoms with Crippen molar-refractivity contribution < 1.29 is 0 Å². The maximum Gasteiger partial charge on any atom is 0.134 e. The summed E-state index contributed by atoms with van der Waals surface area (Å²) in [6, 6.07) is 13.0. The van der Waals surface area contributed by atoms with Gasteiger partial charge in [0.15, 0.2) is 0 Å². The first-order valence-corrected chi connectivity index (χ1v) is 9.39. The largest absolute Gasteiger partial charge is 0.363 e. The molecule has 4 rings (SSSR count). The molecule has 1 fully saturated rings. The van der Waals surface area contributed by atoms with Crippen molar-refractivity contribution in [2.24, 2.45) is 0 Å². The van der Waals surface area contributed by atoms with Crippen LogP contribution in [0.2, 0.25) is 0 Å². The molecule has 1 aromatic carbocycles. The first kappa shape index (κ1) is 17.7. The Balaban J connectivity index is 1.46. The zero-order valence-electron chi connectivity index (χ0n) is 16.2. The minimum atomic E-state index is 0.461. The van der Waals surface area contributed by atoms with E-state index in [2.05, 4.69) is 62.1 Å². The summed E-state index contributed by atoms with van der Waals surface area (Å²) in [6.45, 7) is 3.09. The quantitative estimate of drug-likeness (QED) is 0.696. The lowest BCUT2D eigenvalue weighted by atomic mass is 10.1. The molecule has 2 aromatic heterocycles. The molecule has 0 bridgehead atoms. The van der Waals surface area contributed by atoms with E-state index in [0.29, 0.717) is 6.04 Å². The van der Waals surface area contributed by atoms with Crippen LogP contribution in [0.1, 0.15) is 12.0 Å². The third kappa shape index (κ3) is 3.71. The van der Waals surface area contributed by atoms with Crippen molar-refractivity contribution in [3.8, 4) is 0 Å². The molecular weight excluding hydrogens is 336 g/mol. The summed E-state index contributed by atoms with van der Waals surface area (Å²) >= 11 is 0. The Morgan fingerprint density at radius 3 is 2.70 bits per heavy atom. The van der Waals surface area contributed by atoms with E-state index < -0.39 is 0 Å². The first-order valence-electron chi connectivity index (χ1n) is 9.39. The fourth-order valence-corrected chi connectivity index (χ4v) is 3.77. The number of rotatable bonds is 5. The minimum Gasteiger partial charge on any atom is -0.363 e. The number of likely N-dealkylation sites (N-methyl/N-ethyl adjacent to an activating group) is 1. The molecule has 0 N–H and O–H groups in total. The van der Waals surface area contributed by atoms with Gasteiger partial charge in [0.05, 0.1) is 5.52 Å². The van der Waals surface area contributed by atoms with Gasteiger partial charge in [-0.3, -0.25) is 9.88 Å². The summed E-state index contributed by atoms with van der Waals surface area (Å²) in [6.07, 6.45) is 4.71. The lowest BCUT2D eigenvalue weighted by Crippen LogP contribution is -2.35. The van der Waals surface area contributed by atoms with E-state index >= 15 is 0 Å². The SMILES string of the molecule is CN(C)c1cc(N(C)C2CCN(Cc3ccnc4ccccc34)C2)ncn1. The zero-order chi connectivity index (χ0) is 18.8. The summed E-state index contributed by atoms with van der Waals surface area (Å²) in [5.74, 6) is 1.92. The van der Waals surface area contributed by atoms with Gasteiger partial charge in [-0.25, -0.2) is 9.97 Å². The lowest BCUT2D eigenvalue weighted by Gasteiger charge is -2.26. The van der Waals surface area contributed by atoms with Gasteiger partial charge in [0.25, 0.3) is 0 Å².